The fourth-order valence-electron chi connectivity index (χ4n) is 2.98. The summed E-state index contributed by atoms with van der Waals surface area (Å²) in [6, 6.07) is 6.35. The molecule has 4 heteroatoms. The Morgan fingerprint density at radius 2 is 2.05 bits per heavy atom. The van der Waals surface area contributed by atoms with Gasteiger partial charge in [0.2, 0.25) is 0 Å². The Bertz CT molecular complexity index is 463. The molecule has 110 valence electrons. The highest BCUT2D eigenvalue weighted by atomic mass is 16.5. The van der Waals surface area contributed by atoms with Gasteiger partial charge >= 0.3 is 0 Å². The molecule has 1 aromatic rings. The second kappa shape index (κ2) is 6.02. The largest absolute Gasteiger partial charge is 0.490 e. The first-order valence-corrected chi connectivity index (χ1v) is 7.56. The molecule has 1 fully saturated rings. The molecule has 0 spiro atoms. The predicted octanol–water partition coefficient (Wildman–Crippen LogP) is 2.37. The normalized spacial score (nSPS) is 24.4. The highest BCUT2D eigenvalue weighted by molar-refractivity contribution is 5.44. The van der Waals surface area contributed by atoms with Crippen LogP contribution in [0.4, 0.5) is 0 Å². The van der Waals surface area contributed by atoms with E-state index in [0.717, 1.165) is 30.0 Å². The van der Waals surface area contributed by atoms with Gasteiger partial charge in [-0.2, -0.15) is 0 Å². The number of benzene rings is 1. The molecule has 2 heterocycles. The Morgan fingerprint density at radius 1 is 1.25 bits per heavy atom. The van der Waals surface area contributed by atoms with Crippen molar-refractivity contribution in [2.75, 3.05) is 26.3 Å². The molecule has 0 saturated carbocycles. The highest BCUT2D eigenvalue weighted by Gasteiger charge is 2.23. The van der Waals surface area contributed by atoms with E-state index < -0.39 is 6.10 Å². The van der Waals surface area contributed by atoms with E-state index in [9.17, 15) is 5.11 Å². The summed E-state index contributed by atoms with van der Waals surface area (Å²) in [5, 5.41) is 10.4. The van der Waals surface area contributed by atoms with Crippen LogP contribution in [0.15, 0.2) is 18.2 Å². The second-order valence-electron chi connectivity index (χ2n) is 5.76. The van der Waals surface area contributed by atoms with Crippen LogP contribution in [0, 0.1) is 0 Å². The maximum absolute atomic E-state index is 10.4. The molecule has 2 aliphatic heterocycles. The maximum atomic E-state index is 10.4. The van der Waals surface area contributed by atoms with E-state index in [-0.39, 0.29) is 0 Å². The average Bonchev–Trinajstić information content (AvgIpc) is 2.73. The topological polar surface area (TPSA) is 41.9 Å². The number of rotatable bonds is 3. The van der Waals surface area contributed by atoms with Crippen molar-refractivity contribution >= 4 is 0 Å². The summed E-state index contributed by atoms with van der Waals surface area (Å²) in [7, 11) is 0. The number of hydrogen-bond acceptors (Lipinski definition) is 4. The lowest BCUT2D eigenvalue weighted by molar-refractivity contribution is 0.110. The average molecular weight is 277 g/mol. The van der Waals surface area contributed by atoms with Crippen molar-refractivity contribution in [2.45, 2.75) is 38.3 Å². The number of ether oxygens (including phenoxy) is 2. The SMILES string of the molecule is CC1CCCN1CC(O)c1ccc2c(c1)OCCCO2. The Morgan fingerprint density at radius 3 is 2.80 bits per heavy atom. The Balaban J connectivity index is 1.71. The van der Waals surface area contributed by atoms with E-state index >= 15 is 0 Å². The third-order valence-corrected chi connectivity index (χ3v) is 4.25. The van der Waals surface area contributed by atoms with Gasteiger partial charge in [0.15, 0.2) is 11.5 Å². The Kier molecular flexibility index (Phi) is 4.13. The number of hydrogen-bond donors (Lipinski definition) is 1. The fourth-order valence-corrected chi connectivity index (χ4v) is 2.98. The van der Waals surface area contributed by atoms with Gasteiger partial charge in [0.25, 0.3) is 0 Å². The molecule has 0 aliphatic carbocycles. The van der Waals surface area contributed by atoms with Crippen LogP contribution in [-0.2, 0) is 0 Å². The lowest BCUT2D eigenvalue weighted by Gasteiger charge is -2.24. The number of nitrogens with zero attached hydrogens (tertiary/aromatic N) is 1. The number of fused-ring (bicyclic) bond motifs is 1. The molecule has 4 nitrogen and oxygen atoms in total. The minimum absolute atomic E-state index is 0.465. The van der Waals surface area contributed by atoms with E-state index in [2.05, 4.69) is 11.8 Å². The molecule has 0 amide bonds. The van der Waals surface area contributed by atoms with Crippen LogP contribution in [0.3, 0.4) is 0 Å². The van der Waals surface area contributed by atoms with Crippen LogP contribution >= 0.6 is 0 Å². The second-order valence-corrected chi connectivity index (χ2v) is 5.76. The third kappa shape index (κ3) is 2.91. The van der Waals surface area contributed by atoms with Crippen molar-refractivity contribution < 1.29 is 14.6 Å². The van der Waals surface area contributed by atoms with Gasteiger partial charge in [-0.15, -0.1) is 0 Å². The fraction of sp³-hybridized carbons (Fsp3) is 0.625. The van der Waals surface area contributed by atoms with Crippen LogP contribution in [0.25, 0.3) is 0 Å². The van der Waals surface area contributed by atoms with Gasteiger partial charge in [-0.3, -0.25) is 4.90 Å². The lowest BCUT2D eigenvalue weighted by Crippen LogP contribution is -2.31. The van der Waals surface area contributed by atoms with Crippen LogP contribution in [-0.4, -0.2) is 42.4 Å². The number of aliphatic hydroxyl groups is 1. The van der Waals surface area contributed by atoms with Gasteiger partial charge in [0.05, 0.1) is 19.3 Å². The molecule has 3 rings (SSSR count). The Hall–Kier alpha value is -1.26. The molecule has 2 aliphatic rings. The number of aliphatic hydroxyl groups excluding tert-OH is 1. The zero-order valence-electron chi connectivity index (χ0n) is 12.0. The maximum Gasteiger partial charge on any atom is 0.161 e. The minimum Gasteiger partial charge on any atom is -0.490 e. The molecule has 20 heavy (non-hydrogen) atoms. The molecular weight excluding hydrogens is 254 g/mol. The van der Waals surface area contributed by atoms with E-state index in [1.807, 2.05) is 18.2 Å². The molecule has 0 radical (unpaired) electrons. The van der Waals surface area contributed by atoms with Crippen LogP contribution < -0.4 is 9.47 Å². The van der Waals surface area contributed by atoms with Crippen molar-refractivity contribution in [1.82, 2.24) is 4.90 Å². The van der Waals surface area contributed by atoms with Gasteiger partial charge in [-0.25, -0.2) is 0 Å². The third-order valence-electron chi connectivity index (χ3n) is 4.25. The van der Waals surface area contributed by atoms with E-state index in [4.69, 9.17) is 9.47 Å². The van der Waals surface area contributed by atoms with E-state index in [1.54, 1.807) is 0 Å². The van der Waals surface area contributed by atoms with Crippen LogP contribution in [0.1, 0.15) is 37.9 Å². The van der Waals surface area contributed by atoms with Gasteiger partial charge in [0, 0.05) is 19.0 Å². The lowest BCUT2D eigenvalue weighted by atomic mass is 10.1. The molecule has 1 N–H and O–H groups in total. The quantitative estimate of drug-likeness (QED) is 0.921. The zero-order chi connectivity index (χ0) is 13.9. The summed E-state index contributed by atoms with van der Waals surface area (Å²) < 4.78 is 11.3. The number of β-amino-alcohol motifs (C(OH)–C–C–N with tert-alkyl or cyclic N) is 1. The number of likely N-dealkylation sites (tertiary alicyclic amines) is 1. The first-order valence-electron chi connectivity index (χ1n) is 7.56. The summed E-state index contributed by atoms with van der Waals surface area (Å²) >= 11 is 0. The Labute approximate surface area is 120 Å². The molecule has 2 atom stereocenters. The summed E-state index contributed by atoms with van der Waals surface area (Å²) in [4.78, 5) is 2.35. The zero-order valence-corrected chi connectivity index (χ0v) is 12.0. The molecule has 1 aromatic carbocycles. The van der Waals surface area contributed by atoms with Crippen molar-refractivity contribution in [3.8, 4) is 11.5 Å². The van der Waals surface area contributed by atoms with Crippen molar-refractivity contribution in [3.05, 3.63) is 23.8 Å². The van der Waals surface area contributed by atoms with Gasteiger partial charge in [0.1, 0.15) is 0 Å². The molecule has 0 bridgehead atoms. The summed E-state index contributed by atoms with van der Waals surface area (Å²) in [6.45, 7) is 5.38. The predicted molar refractivity (Wildman–Crippen MR) is 77.3 cm³/mol. The minimum atomic E-state index is -0.465. The summed E-state index contributed by atoms with van der Waals surface area (Å²) in [6.07, 6.45) is 2.90. The van der Waals surface area contributed by atoms with Gasteiger partial charge < -0.3 is 14.6 Å². The highest BCUT2D eigenvalue weighted by Crippen LogP contribution is 2.33. The van der Waals surface area contributed by atoms with Crippen molar-refractivity contribution in [3.63, 3.8) is 0 Å². The smallest absolute Gasteiger partial charge is 0.161 e. The molecular formula is C16H23NO3. The van der Waals surface area contributed by atoms with Crippen molar-refractivity contribution in [1.29, 1.82) is 0 Å². The first-order chi connectivity index (χ1) is 9.74. The first kappa shape index (κ1) is 13.7. The van der Waals surface area contributed by atoms with Crippen LogP contribution in [0.2, 0.25) is 0 Å². The molecule has 0 aromatic heterocycles. The molecule has 1 saturated heterocycles. The van der Waals surface area contributed by atoms with Crippen LogP contribution in [0.5, 0.6) is 11.5 Å². The summed E-state index contributed by atoms with van der Waals surface area (Å²) in [5.41, 5.74) is 0.911. The molecule has 2 unspecified atom stereocenters. The van der Waals surface area contributed by atoms with Crippen molar-refractivity contribution in [2.24, 2.45) is 0 Å². The van der Waals surface area contributed by atoms with E-state index in [1.165, 1.54) is 12.8 Å². The van der Waals surface area contributed by atoms with Gasteiger partial charge in [-0.1, -0.05) is 6.07 Å². The van der Waals surface area contributed by atoms with E-state index in [0.29, 0.717) is 25.8 Å². The monoisotopic (exact) mass is 277 g/mol. The standard InChI is InChI=1S/C16H23NO3/c1-12-4-2-7-17(12)11-14(18)13-5-6-15-16(10-13)20-9-3-8-19-15/h5-6,10,12,14,18H,2-4,7-9,11H2,1H3. The van der Waals surface area contributed by atoms with Gasteiger partial charge in [-0.05, 0) is 44.0 Å². The summed E-state index contributed by atoms with van der Waals surface area (Å²) in [5.74, 6) is 1.54.